The van der Waals surface area contributed by atoms with Crippen LogP contribution in [0.1, 0.15) is 13.8 Å². The standard InChI is InChI=1S/C14H21N3O3/c1-10(2)16-13(18)8-17(3)14(19)9-20-12-6-4-11(15)5-7-12/h4-7,10H,8-9,15H2,1-3H3,(H,16,18). The zero-order valence-electron chi connectivity index (χ0n) is 12.1. The van der Waals surface area contributed by atoms with Crippen LogP contribution in [0.3, 0.4) is 0 Å². The molecule has 0 radical (unpaired) electrons. The van der Waals surface area contributed by atoms with Gasteiger partial charge in [0.2, 0.25) is 5.91 Å². The molecule has 0 saturated heterocycles. The number of hydrogen-bond donors (Lipinski definition) is 2. The number of nitrogen functional groups attached to an aromatic ring is 1. The molecule has 6 nitrogen and oxygen atoms in total. The molecule has 0 aliphatic heterocycles. The summed E-state index contributed by atoms with van der Waals surface area (Å²) in [5.41, 5.74) is 6.18. The summed E-state index contributed by atoms with van der Waals surface area (Å²) >= 11 is 0. The Kier molecular flexibility index (Phi) is 5.83. The highest BCUT2D eigenvalue weighted by atomic mass is 16.5. The third-order valence-corrected chi connectivity index (χ3v) is 2.50. The summed E-state index contributed by atoms with van der Waals surface area (Å²) in [6, 6.07) is 6.82. The molecule has 3 N–H and O–H groups in total. The van der Waals surface area contributed by atoms with Gasteiger partial charge in [-0.1, -0.05) is 0 Å². The number of benzene rings is 1. The minimum Gasteiger partial charge on any atom is -0.484 e. The lowest BCUT2D eigenvalue weighted by molar-refractivity contribution is -0.136. The van der Waals surface area contributed by atoms with Crippen LogP contribution in [0.2, 0.25) is 0 Å². The molecule has 0 fully saturated rings. The average molecular weight is 279 g/mol. The first kappa shape index (κ1) is 15.8. The summed E-state index contributed by atoms with van der Waals surface area (Å²) in [7, 11) is 1.56. The number of nitrogens with one attached hydrogen (secondary N) is 1. The van der Waals surface area contributed by atoms with Crippen molar-refractivity contribution >= 4 is 17.5 Å². The Morgan fingerprint density at radius 3 is 2.45 bits per heavy atom. The molecule has 0 aromatic heterocycles. The van der Waals surface area contributed by atoms with Crippen molar-refractivity contribution in [2.75, 3.05) is 25.9 Å². The summed E-state index contributed by atoms with van der Waals surface area (Å²) < 4.78 is 5.33. The van der Waals surface area contributed by atoms with Crippen LogP contribution in [-0.2, 0) is 9.59 Å². The quantitative estimate of drug-likeness (QED) is 0.748. The Bertz CT molecular complexity index is 457. The molecule has 0 aliphatic carbocycles. The largest absolute Gasteiger partial charge is 0.484 e. The summed E-state index contributed by atoms with van der Waals surface area (Å²) in [6.07, 6.45) is 0. The number of ether oxygens (including phenoxy) is 1. The van der Waals surface area contributed by atoms with Gasteiger partial charge in [-0.3, -0.25) is 9.59 Å². The molecule has 0 spiro atoms. The second-order valence-electron chi connectivity index (χ2n) is 4.83. The van der Waals surface area contributed by atoms with E-state index in [-0.39, 0.29) is 31.0 Å². The maximum Gasteiger partial charge on any atom is 0.260 e. The number of amides is 2. The van der Waals surface area contributed by atoms with E-state index < -0.39 is 0 Å². The van der Waals surface area contributed by atoms with Crippen molar-refractivity contribution in [1.29, 1.82) is 0 Å². The lowest BCUT2D eigenvalue weighted by atomic mass is 10.3. The summed E-state index contributed by atoms with van der Waals surface area (Å²) in [5.74, 6) is 0.108. The second-order valence-corrected chi connectivity index (χ2v) is 4.83. The van der Waals surface area contributed by atoms with Crippen LogP contribution in [0.5, 0.6) is 5.75 Å². The van der Waals surface area contributed by atoms with Crippen molar-refractivity contribution < 1.29 is 14.3 Å². The van der Waals surface area contributed by atoms with Gasteiger partial charge in [0.15, 0.2) is 6.61 Å². The SMILES string of the molecule is CC(C)NC(=O)CN(C)C(=O)COc1ccc(N)cc1. The molecule has 6 heteroatoms. The van der Waals surface area contributed by atoms with E-state index >= 15 is 0 Å². The van der Waals surface area contributed by atoms with Crippen LogP contribution >= 0.6 is 0 Å². The van der Waals surface area contributed by atoms with Crippen LogP contribution in [0.25, 0.3) is 0 Å². The molecule has 20 heavy (non-hydrogen) atoms. The van der Waals surface area contributed by atoms with E-state index in [9.17, 15) is 9.59 Å². The molecule has 1 aromatic carbocycles. The molecular weight excluding hydrogens is 258 g/mol. The number of carbonyl (C=O) groups excluding carboxylic acids is 2. The third kappa shape index (κ3) is 5.60. The summed E-state index contributed by atoms with van der Waals surface area (Å²) in [5, 5.41) is 2.72. The first-order valence-corrected chi connectivity index (χ1v) is 6.40. The van der Waals surface area contributed by atoms with Gasteiger partial charge in [-0.2, -0.15) is 0 Å². The molecule has 1 rings (SSSR count). The molecule has 0 heterocycles. The maximum atomic E-state index is 11.8. The lowest BCUT2D eigenvalue weighted by Crippen LogP contribution is -2.42. The first-order chi connectivity index (χ1) is 9.38. The summed E-state index contributed by atoms with van der Waals surface area (Å²) in [6.45, 7) is 3.63. The average Bonchev–Trinajstić information content (AvgIpc) is 2.36. The number of nitrogens with two attached hydrogens (primary N) is 1. The van der Waals surface area contributed by atoms with Crippen LogP contribution in [0, 0.1) is 0 Å². The highest BCUT2D eigenvalue weighted by Gasteiger charge is 2.13. The Morgan fingerprint density at radius 1 is 1.30 bits per heavy atom. The van der Waals surface area contributed by atoms with Gasteiger partial charge < -0.3 is 20.7 Å². The van der Waals surface area contributed by atoms with E-state index in [1.807, 2.05) is 13.8 Å². The van der Waals surface area contributed by atoms with Crippen molar-refractivity contribution in [2.24, 2.45) is 0 Å². The monoisotopic (exact) mass is 279 g/mol. The predicted molar refractivity (Wildman–Crippen MR) is 77.3 cm³/mol. The lowest BCUT2D eigenvalue weighted by Gasteiger charge is -2.18. The van der Waals surface area contributed by atoms with Gasteiger partial charge in [-0.15, -0.1) is 0 Å². The molecule has 0 saturated carbocycles. The minimum atomic E-state index is -0.263. The number of hydrogen-bond acceptors (Lipinski definition) is 4. The molecule has 2 amide bonds. The Hall–Kier alpha value is -2.24. The number of nitrogens with zero attached hydrogens (tertiary/aromatic N) is 1. The van der Waals surface area contributed by atoms with Crippen molar-refractivity contribution in [3.8, 4) is 5.75 Å². The van der Waals surface area contributed by atoms with Gasteiger partial charge in [0, 0.05) is 18.8 Å². The molecular formula is C14H21N3O3. The maximum absolute atomic E-state index is 11.8. The van der Waals surface area contributed by atoms with Gasteiger partial charge in [0.05, 0.1) is 6.54 Å². The Morgan fingerprint density at radius 2 is 1.90 bits per heavy atom. The van der Waals surface area contributed by atoms with E-state index in [4.69, 9.17) is 10.5 Å². The fourth-order valence-corrected chi connectivity index (χ4v) is 1.49. The fourth-order valence-electron chi connectivity index (χ4n) is 1.49. The Balaban J connectivity index is 2.38. The smallest absolute Gasteiger partial charge is 0.260 e. The molecule has 1 aromatic rings. The zero-order chi connectivity index (χ0) is 15.1. The van der Waals surface area contributed by atoms with Crippen molar-refractivity contribution in [3.63, 3.8) is 0 Å². The molecule has 0 aliphatic rings. The summed E-state index contributed by atoms with van der Waals surface area (Å²) in [4.78, 5) is 24.6. The van der Waals surface area contributed by atoms with E-state index in [0.29, 0.717) is 11.4 Å². The fraction of sp³-hybridized carbons (Fsp3) is 0.429. The topological polar surface area (TPSA) is 84.7 Å². The van der Waals surface area contributed by atoms with Gasteiger partial charge >= 0.3 is 0 Å². The number of rotatable bonds is 6. The van der Waals surface area contributed by atoms with Crippen molar-refractivity contribution in [2.45, 2.75) is 19.9 Å². The van der Waals surface area contributed by atoms with Crippen LogP contribution in [0.4, 0.5) is 5.69 Å². The van der Waals surface area contributed by atoms with Crippen molar-refractivity contribution in [1.82, 2.24) is 10.2 Å². The number of likely N-dealkylation sites (N-methyl/N-ethyl adjacent to an activating group) is 1. The van der Waals surface area contributed by atoms with Gasteiger partial charge in [-0.05, 0) is 38.1 Å². The van der Waals surface area contributed by atoms with Crippen molar-refractivity contribution in [3.05, 3.63) is 24.3 Å². The van der Waals surface area contributed by atoms with E-state index in [2.05, 4.69) is 5.32 Å². The molecule has 0 atom stereocenters. The normalized spacial score (nSPS) is 10.2. The highest BCUT2D eigenvalue weighted by molar-refractivity contribution is 5.85. The predicted octanol–water partition coefficient (Wildman–Crippen LogP) is 0.631. The molecule has 0 bridgehead atoms. The highest BCUT2D eigenvalue weighted by Crippen LogP contribution is 2.12. The van der Waals surface area contributed by atoms with Crippen LogP contribution in [0.15, 0.2) is 24.3 Å². The number of carbonyl (C=O) groups is 2. The van der Waals surface area contributed by atoms with E-state index in [0.717, 1.165) is 0 Å². The second kappa shape index (κ2) is 7.37. The van der Waals surface area contributed by atoms with Gasteiger partial charge in [0.25, 0.3) is 5.91 Å². The van der Waals surface area contributed by atoms with E-state index in [1.54, 1.807) is 31.3 Å². The molecule has 110 valence electrons. The molecule has 0 unspecified atom stereocenters. The first-order valence-electron chi connectivity index (χ1n) is 6.40. The minimum absolute atomic E-state index is 0.0160. The van der Waals surface area contributed by atoms with Gasteiger partial charge in [-0.25, -0.2) is 0 Å². The number of anilines is 1. The zero-order valence-corrected chi connectivity index (χ0v) is 12.1. The third-order valence-electron chi connectivity index (χ3n) is 2.50. The van der Waals surface area contributed by atoms with Crippen LogP contribution < -0.4 is 15.8 Å². The Labute approximate surface area is 118 Å². The van der Waals surface area contributed by atoms with E-state index in [1.165, 1.54) is 4.90 Å². The van der Waals surface area contributed by atoms with Gasteiger partial charge in [0.1, 0.15) is 5.75 Å². The van der Waals surface area contributed by atoms with Crippen LogP contribution in [-0.4, -0.2) is 43.0 Å².